The molecule has 0 unspecified atom stereocenters. The molecule has 2 N–H and O–H groups in total. The van der Waals surface area contributed by atoms with Crippen molar-refractivity contribution in [2.45, 2.75) is 13.8 Å². The van der Waals surface area contributed by atoms with Gasteiger partial charge in [0.1, 0.15) is 22.8 Å². The molecular formula is C16H15ClFN3O5. The Bertz CT molecular complexity index is 832. The first-order chi connectivity index (χ1) is 12.3. The first kappa shape index (κ1) is 19.4. The quantitative estimate of drug-likeness (QED) is 0.767. The van der Waals surface area contributed by atoms with Gasteiger partial charge in [-0.15, -0.1) is 0 Å². The third-order valence-corrected chi connectivity index (χ3v) is 3.51. The summed E-state index contributed by atoms with van der Waals surface area (Å²) in [5.74, 6) is -2.43. The Labute approximate surface area is 152 Å². The van der Waals surface area contributed by atoms with Crippen molar-refractivity contribution in [3.8, 4) is 11.3 Å². The average Bonchev–Trinajstić information content (AvgIpc) is 2.94. The minimum atomic E-state index is -0.968. The number of aryl methyl sites for hydroxylation is 1. The van der Waals surface area contributed by atoms with Crippen LogP contribution in [0.1, 0.15) is 23.0 Å². The van der Waals surface area contributed by atoms with Crippen LogP contribution in [0.5, 0.6) is 0 Å². The number of imide groups is 1. The van der Waals surface area contributed by atoms with Crippen molar-refractivity contribution in [2.75, 3.05) is 13.2 Å². The lowest BCUT2D eigenvalue weighted by Gasteiger charge is -2.07. The molecule has 0 bridgehead atoms. The predicted octanol–water partition coefficient (Wildman–Crippen LogP) is 2.45. The van der Waals surface area contributed by atoms with Crippen molar-refractivity contribution in [1.82, 2.24) is 15.8 Å². The second-order valence-corrected chi connectivity index (χ2v) is 5.45. The zero-order valence-electron chi connectivity index (χ0n) is 13.9. The molecule has 0 saturated carbocycles. The van der Waals surface area contributed by atoms with E-state index in [-0.39, 0.29) is 27.6 Å². The maximum absolute atomic E-state index is 14.1. The molecule has 0 radical (unpaired) electrons. The third kappa shape index (κ3) is 4.37. The first-order valence-corrected chi connectivity index (χ1v) is 7.88. The Morgan fingerprint density at radius 1 is 1.35 bits per heavy atom. The molecule has 1 aromatic carbocycles. The SMILES string of the molecule is CCNC(=O)NC(=O)COC(=O)c1c(-c2c(F)cccc2Cl)noc1C. The molecule has 0 saturated heterocycles. The van der Waals surface area contributed by atoms with Crippen molar-refractivity contribution in [3.05, 3.63) is 40.4 Å². The molecule has 2 aromatic rings. The van der Waals surface area contributed by atoms with E-state index in [0.717, 1.165) is 6.07 Å². The summed E-state index contributed by atoms with van der Waals surface area (Å²) >= 11 is 5.98. The summed E-state index contributed by atoms with van der Waals surface area (Å²) < 4.78 is 23.9. The Hall–Kier alpha value is -2.94. The number of nitrogens with one attached hydrogen (secondary N) is 2. The highest BCUT2D eigenvalue weighted by Gasteiger charge is 2.27. The molecule has 10 heteroatoms. The number of aromatic nitrogens is 1. The van der Waals surface area contributed by atoms with Crippen LogP contribution in [0, 0.1) is 12.7 Å². The smallest absolute Gasteiger partial charge is 0.344 e. The molecule has 0 spiro atoms. The summed E-state index contributed by atoms with van der Waals surface area (Å²) in [6.07, 6.45) is 0. The number of hydrogen-bond donors (Lipinski definition) is 2. The summed E-state index contributed by atoms with van der Waals surface area (Å²) in [5, 5.41) is 8.02. The maximum Gasteiger partial charge on any atom is 0.344 e. The topological polar surface area (TPSA) is 111 Å². The van der Waals surface area contributed by atoms with Crippen molar-refractivity contribution in [2.24, 2.45) is 0 Å². The number of esters is 1. The number of halogens is 2. The highest BCUT2D eigenvalue weighted by Crippen LogP contribution is 2.33. The van der Waals surface area contributed by atoms with Crippen molar-refractivity contribution < 1.29 is 28.0 Å². The van der Waals surface area contributed by atoms with Gasteiger partial charge in [0, 0.05) is 6.54 Å². The summed E-state index contributed by atoms with van der Waals surface area (Å²) in [5.41, 5.74) is -0.424. The first-order valence-electron chi connectivity index (χ1n) is 7.50. The van der Waals surface area contributed by atoms with Crippen LogP contribution in [-0.2, 0) is 9.53 Å². The summed E-state index contributed by atoms with van der Waals surface area (Å²) in [6.45, 7) is 2.71. The molecule has 0 aliphatic rings. The highest BCUT2D eigenvalue weighted by molar-refractivity contribution is 6.33. The van der Waals surface area contributed by atoms with E-state index in [2.05, 4.69) is 10.5 Å². The fraction of sp³-hybridized carbons (Fsp3) is 0.250. The normalized spacial score (nSPS) is 10.3. The summed E-state index contributed by atoms with van der Waals surface area (Å²) in [4.78, 5) is 35.1. The second-order valence-electron chi connectivity index (χ2n) is 5.04. The van der Waals surface area contributed by atoms with Crippen LogP contribution in [0.15, 0.2) is 22.7 Å². The van der Waals surface area contributed by atoms with Crippen LogP contribution in [0.25, 0.3) is 11.3 Å². The molecule has 26 heavy (non-hydrogen) atoms. The number of carbonyl (C=O) groups excluding carboxylic acids is 3. The number of nitrogens with zero attached hydrogens (tertiary/aromatic N) is 1. The molecule has 3 amide bonds. The zero-order chi connectivity index (χ0) is 19.3. The van der Waals surface area contributed by atoms with Gasteiger partial charge in [-0.25, -0.2) is 14.0 Å². The van der Waals surface area contributed by atoms with Crippen LogP contribution in [0.2, 0.25) is 5.02 Å². The Kier molecular flexibility index (Phi) is 6.29. The number of amides is 3. The van der Waals surface area contributed by atoms with Gasteiger partial charge in [0.05, 0.1) is 10.6 Å². The third-order valence-electron chi connectivity index (χ3n) is 3.19. The molecule has 8 nitrogen and oxygen atoms in total. The molecule has 0 aliphatic heterocycles. The molecule has 0 aliphatic carbocycles. The Balaban J connectivity index is 2.17. The average molecular weight is 384 g/mol. The fourth-order valence-electron chi connectivity index (χ4n) is 2.08. The second kappa shape index (κ2) is 8.43. The van der Waals surface area contributed by atoms with Gasteiger partial charge in [-0.3, -0.25) is 10.1 Å². The van der Waals surface area contributed by atoms with E-state index < -0.39 is 30.3 Å². The fourth-order valence-corrected chi connectivity index (χ4v) is 2.33. The van der Waals surface area contributed by atoms with Gasteiger partial charge < -0.3 is 14.6 Å². The van der Waals surface area contributed by atoms with Gasteiger partial charge in [-0.2, -0.15) is 0 Å². The summed E-state index contributed by atoms with van der Waals surface area (Å²) in [6, 6.07) is 3.27. The van der Waals surface area contributed by atoms with Crippen LogP contribution >= 0.6 is 11.6 Å². The molecule has 0 atom stereocenters. The van der Waals surface area contributed by atoms with Crippen LogP contribution in [0.4, 0.5) is 9.18 Å². The highest BCUT2D eigenvalue weighted by atomic mass is 35.5. The minimum Gasteiger partial charge on any atom is -0.452 e. The van der Waals surface area contributed by atoms with Crippen molar-refractivity contribution in [1.29, 1.82) is 0 Å². The van der Waals surface area contributed by atoms with Gasteiger partial charge in [-0.1, -0.05) is 22.8 Å². The number of benzene rings is 1. The lowest BCUT2D eigenvalue weighted by molar-refractivity contribution is -0.123. The molecule has 138 valence electrons. The number of carbonyl (C=O) groups is 3. The van der Waals surface area contributed by atoms with Crippen LogP contribution in [-0.4, -0.2) is 36.2 Å². The molecule has 2 rings (SSSR count). The molecular weight excluding hydrogens is 369 g/mol. The lowest BCUT2D eigenvalue weighted by atomic mass is 10.1. The van der Waals surface area contributed by atoms with Gasteiger partial charge in [0.2, 0.25) is 0 Å². The van der Waals surface area contributed by atoms with Gasteiger partial charge in [-0.05, 0) is 26.0 Å². The Morgan fingerprint density at radius 2 is 2.08 bits per heavy atom. The molecule has 1 heterocycles. The molecule has 0 fully saturated rings. The van der Waals surface area contributed by atoms with E-state index >= 15 is 0 Å². The monoisotopic (exact) mass is 383 g/mol. The van der Waals surface area contributed by atoms with E-state index in [1.54, 1.807) is 6.92 Å². The standard InChI is InChI=1S/C16H15ClFN3O5/c1-3-19-16(24)20-11(22)7-25-15(23)12-8(2)26-21-14(12)13-9(17)5-4-6-10(13)18/h4-6H,3,7H2,1-2H3,(H2,19,20,22,24). The van der Waals surface area contributed by atoms with E-state index in [0.29, 0.717) is 6.54 Å². The van der Waals surface area contributed by atoms with E-state index in [1.807, 2.05) is 5.32 Å². The largest absolute Gasteiger partial charge is 0.452 e. The van der Waals surface area contributed by atoms with Crippen molar-refractivity contribution in [3.63, 3.8) is 0 Å². The number of hydrogen-bond acceptors (Lipinski definition) is 6. The maximum atomic E-state index is 14.1. The van der Waals surface area contributed by atoms with E-state index in [4.69, 9.17) is 20.9 Å². The van der Waals surface area contributed by atoms with Gasteiger partial charge >= 0.3 is 12.0 Å². The van der Waals surface area contributed by atoms with Crippen LogP contribution in [0.3, 0.4) is 0 Å². The minimum absolute atomic E-state index is 0.0290. The lowest BCUT2D eigenvalue weighted by Crippen LogP contribution is -2.41. The predicted molar refractivity (Wildman–Crippen MR) is 89.1 cm³/mol. The summed E-state index contributed by atoms with van der Waals surface area (Å²) in [7, 11) is 0. The van der Waals surface area contributed by atoms with Crippen molar-refractivity contribution >= 4 is 29.5 Å². The van der Waals surface area contributed by atoms with E-state index in [9.17, 15) is 18.8 Å². The number of rotatable bonds is 5. The Morgan fingerprint density at radius 3 is 2.73 bits per heavy atom. The molecule has 1 aromatic heterocycles. The van der Waals surface area contributed by atoms with Gasteiger partial charge in [0.25, 0.3) is 5.91 Å². The zero-order valence-corrected chi connectivity index (χ0v) is 14.6. The number of urea groups is 1. The number of ether oxygens (including phenoxy) is 1. The van der Waals surface area contributed by atoms with E-state index in [1.165, 1.54) is 19.1 Å². The van der Waals surface area contributed by atoms with Crippen LogP contribution < -0.4 is 10.6 Å². The van der Waals surface area contributed by atoms with Gasteiger partial charge in [0.15, 0.2) is 6.61 Å².